The Bertz CT molecular complexity index is 745. The molecule has 2 heterocycles. The normalized spacial score (nSPS) is 19.4. The largest absolute Gasteiger partial charge is 0.497 e. The molecule has 1 aromatic heterocycles. The van der Waals surface area contributed by atoms with Crippen molar-refractivity contribution in [3.8, 4) is 5.75 Å². The highest BCUT2D eigenvalue weighted by Crippen LogP contribution is 2.35. The second-order valence-corrected chi connectivity index (χ2v) is 7.48. The Kier molecular flexibility index (Phi) is 4.63. The van der Waals surface area contributed by atoms with Crippen LogP contribution in [0.1, 0.15) is 30.9 Å². The van der Waals surface area contributed by atoms with Gasteiger partial charge in [-0.2, -0.15) is 4.31 Å². The van der Waals surface area contributed by atoms with Gasteiger partial charge in [-0.3, -0.25) is 4.98 Å². The third kappa shape index (κ3) is 3.23. The lowest BCUT2D eigenvalue weighted by atomic mass is 9.99. The van der Waals surface area contributed by atoms with E-state index in [2.05, 4.69) is 4.98 Å². The number of benzene rings is 1. The topological polar surface area (TPSA) is 59.5 Å². The summed E-state index contributed by atoms with van der Waals surface area (Å²) in [5, 5.41) is 0. The third-order valence-electron chi connectivity index (χ3n) is 4.19. The van der Waals surface area contributed by atoms with Crippen LogP contribution in [0.5, 0.6) is 5.75 Å². The first-order valence-electron chi connectivity index (χ1n) is 7.69. The van der Waals surface area contributed by atoms with Gasteiger partial charge in [0.1, 0.15) is 5.75 Å². The summed E-state index contributed by atoms with van der Waals surface area (Å²) in [4.78, 5) is 4.43. The summed E-state index contributed by atoms with van der Waals surface area (Å²) in [6, 6.07) is 10.2. The Morgan fingerprint density at radius 2 is 1.96 bits per heavy atom. The molecule has 0 unspecified atom stereocenters. The van der Waals surface area contributed by atoms with E-state index in [1.807, 2.05) is 12.1 Å². The van der Waals surface area contributed by atoms with Crippen LogP contribution in [0.25, 0.3) is 0 Å². The van der Waals surface area contributed by atoms with Gasteiger partial charge in [0, 0.05) is 18.9 Å². The Hall–Kier alpha value is -1.92. The van der Waals surface area contributed by atoms with E-state index < -0.39 is 10.0 Å². The van der Waals surface area contributed by atoms with Crippen LogP contribution in [0.4, 0.5) is 0 Å². The molecule has 1 fully saturated rings. The van der Waals surface area contributed by atoms with Crippen LogP contribution in [0.3, 0.4) is 0 Å². The molecule has 6 heteroatoms. The fraction of sp³-hybridized carbons (Fsp3) is 0.353. The fourth-order valence-electron chi connectivity index (χ4n) is 2.98. The molecule has 0 radical (unpaired) electrons. The molecule has 5 nitrogen and oxygen atoms in total. The Morgan fingerprint density at radius 3 is 2.61 bits per heavy atom. The number of methoxy groups -OCH3 is 1. The molecule has 1 aliphatic heterocycles. The number of pyridine rings is 1. The number of nitrogens with zero attached hydrogens (tertiary/aromatic N) is 2. The molecule has 1 aliphatic rings. The maximum Gasteiger partial charge on any atom is 0.243 e. The summed E-state index contributed by atoms with van der Waals surface area (Å²) >= 11 is 0. The van der Waals surface area contributed by atoms with Crippen LogP contribution in [0.15, 0.2) is 53.7 Å². The highest BCUT2D eigenvalue weighted by Gasteiger charge is 2.34. The number of sulfonamides is 1. The summed E-state index contributed by atoms with van der Waals surface area (Å²) in [6.07, 6.45) is 6.18. The van der Waals surface area contributed by atoms with Gasteiger partial charge in [0.25, 0.3) is 0 Å². The minimum Gasteiger partial charge on any atom is -0.497 e. The molecule has 0 amide bonds. The van der Waals surface area contributed by atoms with E-state index >= 15 is 0 Å². The Balaban J connectivity index is 1.95. The third-order valence-corrected chi connectivity index (χ3v) is 6.11. The average molecular weight is 332 g/mol. The van der Waals surface area contributed by atoms with E-state index in [0.29, 0.717) is 17.2 Å². The maximum atomic E-state index is 13.0. The van der Waals surface area contributed by atoms with Crippen molar-refractivity contribution < 1.29 is 13.2 Å². The summed E-state index contributed by atoms with van der Waals surface area (Å²) in [5.41, 5.74) is 0.948. The Labute approximate surface area is 137 Å². The number of aromatic nitrogens is 1. The molecule has 0 N–H and O–H groups in total. The first-order chi connectivity index (χ1) is 11.1. The van der Waals surface area contributed by atoms with Crippen molar-refractivity contribution in [3.63, 3.8) is 0 Å². The fourth-order valence-corrected chi connectivity index (χ4v) is 4.66. The number of ether oxygens (including phenoxy) is 1. The van der Waals surface area contributed by atoms with Crippen LogP contribution < -0.4 is 4.74 Å². The summed E-state index contributed by atoms with van der Waals surface area (Å²) in [7, 11) is -1.97. The van der Waals surface area contributed by atoms with Crippen molar-refractivity contribution in [2.24, 2.45) is 0 Å². The SMILES string of the molecule is COc1ccc(S(=O)(=O)N2CCCC[C@@H]2c2cccnc2)cc1. The van der Waals surface area contributed by atoms with Gasteiger partial charge in [0.2, 0.25) is 10.0 Å². The summed E-state index contributed by atoms with van der Waals surface area (Å²) in [6.45, 7) is 0.536. The lowest BCUT2D eigenvalue weighted by Crippen LogP contribution is -2.38. The quantitative estimate of drug-likeness (QED) is 0.863. The molecule has 0 aliphatic carbocycles. The second-order valence-electron chi connectivity index (χ2n) is 5.59. The van der Waals surface area contributed by atoms with Crippen LogP contribution in [0, 0.1) is 0 Å². The van der Waals surface area contributed by atoms with Crippen molar-refractivity contribution in [2.45, 2.75) is 30.2 Å². The van der Waals surface area contributed by atoms with Gasteiger partial charge in [-0.25, -0.2) is 8.42 Å². The molecule has 0 saturated carbocycles. The standard InChI is InChI=1S/C17H20N2O3S/c1-22-15-7-9-16(10-8-15)23(20,21)19-12-3-2-6-17(19)14-5-4-11-18-13-14/h4-5,7-11,13,17H,2-3,6,12H2,1H3/t17-/m1/s1. The van der Waals surface area contributed by atoms with Crippen molar-refractivity contribution in [1.29, 1.82) is 0 Å². The number of piperidine rings is 1. The molecule has 23 heavy (non-hydrogen) atoms. The second kappa shape index (κ2) is 6.68. The number of rotatable bonds is 4. The molecule has 1 atom stereocenters. The number of hydrogen-bond donors (Lipinski definition) is 0. The first-order valence-corrected chi connectivity index (χ1v) is 9.13. The highest BCUT2D eigenvalue weighted by atomic mass is 32.2. The highest BCUT2D eigenvalue weighted by molar-refractivity contribution is 7.89. The summed E-state index contributed by atoms with van der Waals surface area (Å²) in [5.74, 6) is 0.645. The smallest absolute Gasteiger partial charge is 0.243 e. The summed E-state index contributed by atoms with van der Waals surface area (Å²) < 4.78 is 32.8. The zero-order valence-electron chi connectivity index (χ0n) is 13.1. The molecular weight excluding hydrogens is 312 g/mol. The lowest BCUT2D eigenvalue weighted by molar-refractivity contribution is 0.255. The molecular formula is C17H20N2O3S. The van der Waals surface area contributed by atoms with Gasteiger partial charge in [-0.05, 0) is 48.7 Å². The zero-order valence-corrected chi connectivity index (χ0v) is 13.9. The van der Waals surface area contributed by atoms with Crippen LogP contribution in [-0.2, 0) is 10.0 Å². The lowest BCUT2D eigenvalue weighted by Gasteiger charge is -2.34. The van der Waals surface area contributed by atoms with Crippen LogP contribution >= 0.6 is 0 Å². The minimum absolute atomic E-state index is 0.149. The Morgan fingerprint density at radius 1 is 1.17 bits per heavy atom. The van der Waals surface area contributed by atoms with E-state index in [0.717, 1.165) is 24.8 Å². The predicted molar refractivity (Wildman–Crippen MR) is 87.7 cm³/mol. The zero-order chi connectivity index (χ0) is 16.3. The van der Waals surface area contributed by atoms with Gasteiger partial charge in [0.05, 0.1) is 18.0 Å². The maximum absolute atomic E-state index is 13.0. The number of hydrogen-bond acceptors (Lipinski definition) is 4. The van der Waals surface area contributed by atoms with Crippen molar-refractivity contribution in [3.05, 3.63) is 54.4 Å². The van der Waals surface area contributed by atoms with E-state index in [4.69, 9.17) is 4.74 Å². The molecule has 2 aromatic rings. The average Bonchev–Trinajstić information content (AvgIpc) is 2.62. The van der Waals surface area contributed by atoms with Gasteiger partial charge in [0.15, 0.2) is 0 Å². The van der Waals surface area contributed by atoms with E-state index in [1.54, 1.807) is 48.1 Å². The minimum atomic E-state index is -3.53. The van der Waals surface area contributed by atoms with E-state index in [1.165, 1.54) is 0 Å². The van der Waals surface area contributed by atoms with Gasteiger partial charge in [-0.1, -0.05) is 12.5 Å². The van der Waals surface area contributed by atoms with Gasteiger partial charge >= 0.3 is 0 Å². The van der Waals surface area contributed by atoms with Crippen molar-refractivity contribution in [1.82, 2.24) is 9.29 Å². The van der Waals surface area contributed by atoms with Crippen molar-refractivity contribution >= 4 is 10.0 Å². The van der Waals surface area contributed by atoms with Gasteiger partial charge in [-0.15, -0.1) is 0 Å². The van der Waals surface area contributed by atoms with Crippen LogP contribution in [0.2, 0.25) is 0 Å². The van der Waals surface area contributed by atoms with Gasteiger partial charge < -0.3 is 4.74 Å². The van der Waals surface area contributed by atoms with E-state index in [-0.39, 0.29) is 6.04 Å². The molecule has 122 valence electrons. The molecule has 1 aromatic carbocycles. The monoisotopic (exact) mass is 332 g/mol. The molecule has 1 saturated heterocycles. The first kappa shape index (κ1) is 16.0. The van der Waals surface area contributed by atoms with E-state index in [9.17, 15) is 8.42 Å². The predicted octanol–water partition coefficient (Wildman–Crippen LogP) is 3.01. The molecule has 3 rings (SSSR count). The molecule has 0 bridgehead atoms. The van der Waals surface area contributed by atoms with Crippen LogP contribution in [-0.4, -0.2) is 31.4 Å². The van der Waals surface area contributed by atoms with Crippen molar-refractivity contribution in [2.75, 3.05) is 13.7 Å². The molecule has 0 spiro atoms.